The van der Waals surface area contributed by atoms with Gasteiger partial charge in [-0.15, -0.1) is 0 Å². The van der Waals surface area contributed by atoms with Crippen LogP contribution in [0.2, 0.25) is 0 Å². The molecule has 1 saturated heterocycles. The van der Waals surface area contributed by atoms with Gasteiger partial charge >= 0.3 is 11.8 Å². The zero-order valence-corrected chi connectivity index (χ0v) is 4.86. The van der Waals surface area contributed by atoms with Crippen molar-refractivity contribution in [2.24, 2.45) is 0 Å². The molecule has 1 rings (SSSR count). The Morgan fingerprint density at radius 2 is 2.00 bits per heavy atom. The van der Waals surface area contributed by atoms with E-state index < -0.39 is 30.2 Å². The predicted octanol–water partition coefficient (Wildman–Crippen LogP) is -1.96. The highest BCUT2D eigenvalue weighted by Gasteiger charge is 2.41. The molecule has 0 aliphatic carbocycles. The minimum atomic E-state index is -1.26. The largest absolute Gasteiger partial charge is 0.445 e. The van der Waals surface area contributed by atoms with E-state index in [2.05, 4.69) is 4.74 Å². The monoisotopic (exact) mass is 144 g/mol. The van der Waals surface area contributed by atoms with Crippen LogP contribution in [0.25, 0.3) is 0 Å². The van der Waals surface area contributed by atoms with Crippen LogP contribution in [-0.4, -0.2) is 35.4 Å². The first kappa shape index (κ1) is 6.88. The van der Waals surface area contributed by atoms with Gasteiger partial charge in [0.2, 0.25) is 0 Å². The van der Waals surface area contributed by atoms with Gasteiger partial charge in [0.1, 0.15) is 0 Å². The summed E-state index contributed by atoms with van der Waals surface area (Å²) in [5.74, 6) is -3.32. The molecule has 5 heteroatoms. The number of esters is 1. The zero-order chi connectivity index (χ0) is 7.72. The Balaban J connectivity index is 2.81. The number of carbonyl (C=O) groups is 3. The number of ether oxygens (including phenoxy) is 1. The van der Waals surface area contributed by atoms with Crippen molar-refractivity contribution in [3.8, 4) is 0 Å². The second kappa shape index (κ2) is 2.18. The fourth-order valence-corrected chi connectivity index (χ4v) is 0.603. The average Bonchev–Trinajstić information content (AvgIpc) is 2.17. The molecule has 5 nitrogen and oxygen atoms in total. The fraction of sp³-hybridized carbons (Fsp3) is 0.400. The third kappa shape index (κ3) is 0.801. The number of hydrogen-bond donors (Lipinski definition) is 1. The van der Waals surface area contributed by atoms with Crippen molar-refractivity contribution in [1.29, 1.82) is 0 Å². The van der Waals surface area contributed by atoms with Crippen LogP contribution < -0.4 is 0 Å². The lowest BCUT2D eigenvalue weighted by molar-refractivity contribution is -0.149. The second-order valence-electron chi connectivity index (χ2n) is 1.77. The molecule has 1 fully saturated rings. The summed E-state index contributed by atoms with van der Waals surface area (Å²) in [6, 6.07) is 0. The Morgan fingerprint density at radius 3 is 2.20 bits per heavy atom. The quantitative estimate of drug-likeness (QED) is 0.341. The van der Waals surface area contributed by atoms with E-state index in [4.69, 9.17) is 5.11 Å². The smallest absolute Gasteiger partial charge is 0.383 e. The first-order chi connectivity index (χ1) is 4.66. The maximum atomic E-state index is 10.5. The summed E-state index contributed by atoms with van der Waals surface area (Å²) in [7, 11) is 0. The van der Waals surface area contributed by atoms with Crippen LogP contribution in [0.1, 0.15) is 0 Å². The predicted molar refractivity (Wildman–Crippen MR) is 27.0 cm³/mol. The van der Waals surface area contributed by atoms with E-state index in [0.717, 1.165) is 0 Å². The van der Waals surface area contributed by atoms with Crippen LogP contribution in [0, 0.1) is 0 Å². The van der Waals surface area contributed by atoms with Crippen LogP contribution in [0.15, 0.2) is 0 Å². The number of hydrogen-bond acceptors (Lipinski definition) is 5. The maximum absolute atomic E-state index is 10.5. The molecule has 0 aromatic rings. The van der Waals surface area contributed by atoms with Gasteiger partial charge < -0.3 is 9.84 Å². The summed E-state index contributed by atoms with van der Waals surface area (Å²) < 4.78 is 4.15. The lowest BCUT2D eigenvalue weighted by Gasteiger charge is -1.98. The molecule has 0 radical (unpaired) electrons. The molecular weight excluding hydrogens is 140 g/mol. The van der Waals surface area contributed by atoms with Crippen molar-refractivity contribution in [2.75, 3.05) is 6.61 Å². The van der Waals surface area contributed by atoms with Gasteiger partial charge in [0, 0.05) is 0 Å². The Morgan fingerprint density at radius 1 is 1.40 bits per heavy atom. The molecule has 0 spiro atoms. The van der Waals surface area contributed by atoms with Crippen molar-refractivity contribution in [1.82, 2.24) is 0 Å². The van der Waals surface area contributed by atoms with Gasteiger partial charge in [-0.25, -0.2) is 4.79 Å². The van der Waals surface area contributed by atoms with Crippen LogP contribution in [0.3, 0.4) is 0 Å². The number of ketones is 2. The normalized spacial score (nSPS) is 25.3. The van der Waals surface area contributed by atoms with Gasteiger partial charge in [-0.05, 0) is 0 Å². The molecule has 0 unspecified atom stereocenters. The van der Waals surface area contributed by atoms with E-state index >= 15 is 0 Å². The number of cyclic esters (lactones) is 1. The minimum Gasteiger partial charge on any atom is -0.445 e. The van der Waals surface area contributed by atoms with E-state index in [9.17, 15) is 14.4 Å². The lowest BCUT2D eigenvalue weighted by Crippen LogP contribution is -2.23. The molecular formula is C5H4O5. The highest BCUT2D eigenvalue weighted by molar-refractivity contribution is 6.65. The minimum absolute atomic E-state index is 0.629. The number of rotatable bonds is 1. The summed E-state index contributed by atoms with van der Waals surface area (Å²) in [5, 5.41) is 8.32. The first-order valence-electron chi connectivity index (χ1n) is 2.57. The third-order valence-electron chi connectivity index (χ3n) is 1.12. The third-order valence-corrected chi connectivity index (χ3v) is 1.12. The molecule has 1 heterocycles. The summed E-state index contributed by atoms with van der Waals surface area (Å²) in [5.41, 5.74) is 0. The Bertz CT molecular complexity index is 206. The van der Waals surface area contributed by atoms with E-state index in [1.807, 2.05) is 0 Å². The van der Waals surface area contributed by atoms with Gasteiger partial charge in [0.25, 0.3) is 5.78 Å². The molecule has 1 N–H and O–H groups in total. The van der Waals surface area contributed by atoms with E-state index in [1.165, 1.54) is 0 Å². The molecule has 1 aliphatic rings. The van der Waals surface area contributed by atoms with Crippen LogP contribution >= 0.6 is 0 Å². The van der Waals surface area contributed by atoms with Gasteiger partial charge in [0.05, 0.1) is 6.61 Å². The van der Waals surface area contributed by atoms with E-state index in [-0.39, 0.29) is 0 Å². The molecule has 0 aromatic carbocycles. The summed E-state index contributed by atoms with van der Waals surface area (Å²) in [6.45, 7) is -0.629. The first-order valence-corrected chi connectivity index (χ1v) is 2.57. The maximum Gasteiger partial charge on any atom is 0.383 e. The number of Topliss-reactive ketones (excluding diaryl/α,β-unsaturated/α-hetero) is 2. The SMILES string of the molecule is O=C1O[C@H](CO)C(=O)C1=O. The fourth-order valence-electron chi connectivity index (χ4n) is 0.603. The van der Waals surface area contributed by atoms with Gasteiger partial charge in [-0.3, -0.25) is 9.59 Å². The highest BCUT2D eigenvalue weighted by atomic mass is 16.6. The van der Waals surface area contributed by atoms with Gasteiger partial charge in [-0.1, -0.05) is 0 Å². The number of carbonyl (C=O) groups excluding carboxylic acids is 3. The standard InChI is InChI=1S/C5H4O5/c6-1-2-3(7)4(8)5(9)10-2/h2,6H,1H2/t2-/m1/s1. The highest BCUT2D eigenvalue weighted by Crippen LogP contribution is 2.04. The van der Waals surface area contributed by atoms with E-state index in [0.29, 0.717) is 0 Å². The van der Waals surface area contributed by atoms with Crippen molar-refractivity contribution in [3.63, 3.8) is 0 Å². The molecule has 54 valence electrons. The lowest BCUT2D eigenvalue weighted by atomic mass is 10.2. The number of aliphatic hydroxyl groups is 1. The molecule has 0 aromatic heterocycles. The summed E-state index contributed by atoms with van der Waals surface area (Å²) in [6.07, 6.45) is -1.26. The second-order valence-corrected chi connectivity index (χ2v) is 1.77. The topological polar surface area (TPSA) is 80.7 Å². The summed E-state index contributed by atoms with van der Waals surface area (Å²) >= 11 is 0. The average molecular weight is 144 g/mol. The van der Waals surface area contributed by atoms with Crippen LogP contribution in [0.4, 0.5) is 0 Å². The summed E-state index contributed by atoms with van der Waals surface area (Å²) in [4.78, 5) is 31.1. The van der Waals surface area contributed by atoms with Gasteiger partial charge in [-0.2, -0.15) is 0 Å². The molecule has 10 heavy (non-hydrogen) atoms. The molecule has 1 atom stereocenters. The Labute approximate surface area is 55.6 Å². The Kier molecular flexibility index (Phi) is 1.50. The number of aliphatic hydroxyl groups excluding tert-OH is 1. The van der Waals surface area contributed by atoms with Crippen LogP contribution in [-0.2, 0) is 19.1 Å². The van der Waals surface area contributed by atoms with Crippen molar-refractivity contribution >= 4 is 17.5 Å². The Hall–Kier alpha value is -1.23. The van der Waals surface area contributed by atoms with Gasteiger partial charge in [0.15, 0.2) is 6.10 Å². The van der Waals surface area contributed by atoms with Crippen LogP contribution in [0.5, 0.6) is 0 Å². The zero-order valence-electron chi connectivity index (χ0n) is 4.86. The molecule has 0 bridgehead atoms. The van der Waals surface area contributed by atoms with Crippen molar-refractivity contribution < 1.29 is 24.2 Å². The van der Waals surface area contributed by atoms with Crippen molar-refractivity contribution in [2.45, 2.75) is 6.10 Å². The molecule has 0 saturated carbocycles. The van der Waals surface area contributed by atoms with Crippen molar-refractivity contribution in [3.05, 3.63) is 0 Å². The molecule has 0 amide bonds. The molecule has 1 aliphatic heterocycles. The van der Waals surface area contributed by atoms with E-state index in [1.54, 1.807) is 0 Å².